The Balaban J connectivity index is 1.22. The van der Waals surface area contributed by atoms with Crippen molar-refractivity contribution in [3.63, 3.8) is 0 Å². The molecule has 2 saturated heterocycles. The number of rotatable bonds is 16. The smallest absolute Gasteiger partial charge is 0.259 e. The molecule has 0 bridgehead atoms. The minimum Gasteiger partial charge on any atom is -0.457 e. The van der Waals surface area contributed by atoms with Gasteiger partial charge in [0, 0.05) is 68.8 Å². The lowest BCUT2D eigenvalue weighted by Crippen LogP contribution is -2.53. The monoisotopic (exact) mass is 975 g/mol. The molecule has 0 radical (unpaired) electrons. The van der Waals surface area contributed by atoms with Gasteiger partial charge < -0.3 is 42.9 Å². The van der Waals surface area contributed by atoms with Gasteiger partial charge in [0.2, 0.25) is 5.91 Å². The van der Waals surface area contributed by atoms with Crippen LogP contribution in [-0.4, -0.2) is 100 Å². The van der Waals surface area contributed by atoms with E-state index in [0.29, 0.717) is 54.3 Å². The SMILES string of the molecule is COP(OC[C@H]1O[C@@H](n2cnc3c(NC(=O)C(C)(C)C)ncnc32)[C@H](OC2(OC)CCN(c3ccccc3F)CC2)[C@@H]1OC1(c2ccccc2)c2ccccc2Oc2ccccc21)N(C(C)C)C(C)C. The number of carbonyl (C=O) groups excluding carboxylic acids is 1. The van der Waals surface area contributed by atoms with Crippen molar-refractivity contribution < 1.29 is 41.9 Å². The van der Waals surface area contributed by atoms with E-state index in [9.17, 15) is 4.79 Å². The van der Waals surface area contributed by atoms with Gasteiger partial charge in [-0.1, -0.05) is 99.6 Å². The Morgan fingerprint density at radius 3 is 2.09 bits per heavy atom. The Morgan fingerprint density at radius 2 is 1.47 bits per heavy atom. The van der Waals surface area contributed by atoms with Crippen molar-refractivity contribution in [2.24, 2.45) is 5.41 Å². The van der Waals surface area contributed by atoms with Crippen molar-refractivity contribution in [3.05, 3.63) is 138 Å². The number of para-hydroxylation sites is 3. The number of hydrogen-bond donors (Lipinski definition) is 1. The summed E-state index contributed by atoms with van der Waals surface area (Å²) in [6.07, 6.45) is 0.0800. The number of aromatic nitrogens is 4. The number of carbonyl (C=O) groups is 1. The van der Waals surface area contributed by atoms with Crippen LogP contribution in [0, 0.1) is 11.2 Å². The normalized spacial score (nSPS) is 21.2. The number of amides is 1. The molecular weight excluding hydrogens is 913 g/mol. The first-order valence-electron chi connectivity index (χ1n) is 23.9. The number of hydrogen-bond acceptors (Lipinski definition) is 13. The number of imidazole rings is 1. The molecule has 1 amide bonds. The van der Waals surface area contributed by atoms with E-state index in [-0.39, 0.29) is 36.2 Å². The van der Waals surface area contributed by atoms with Crippen LogP contribution in [0.2, 0.25) is 0 Å². The maximum Gasteiger partial charge on any atom is 0.259 e. The average molecular weight is 976 g/mol. The average Bonchev–Trinajstić information content (AvgIpc) is 3.93. The van der Waals surface area contributed by atoms with Crippen molar-refractivity contribution in [3.8, 4) is 11.5 Å². The van der Waals surface area contributed by atoms with Crippen molar-refractivity contribution in [2.75, 3.05) is 44.1 Å². The Morgan fingerprint density at radius 1 is 0.843 bits per heavy atom. The number of nitrogens with one attached hydrogen (secondary N) is 1. The molecule has 1 unspecified atom stereocenters. The van der Waals surface area contributed by atoms with E-state index >= 15 is 4.39 Å². The van der Waals surface area contributed by atoms with Crippen LogP contribution in [0.4, 0.5) is 15.9 Å². The zero-order valence-electron chi connectivity index (χ0n) is 41.2. The Hall–Kier alpha value is -5.42. The van der Waals surface area contributed by atoms with Gasteiger partial charge in [0.05, 0.1) is 18.6 Å². The minimum absolute atomic E-state index is 0.0245. The summed E-state index contributed by atoms with van der Waals surface area (Å²) >= 11 is 0. The molecule has 370 valence electrons. The van der Waals surface area contributed by atoms with Crippen LogP contribution in [0.5, 0.6) is 11.5 Å². The van der Waals surface area contributed by atoms with Crippen LogP contribution in [0.3, 0.4) is 0 Å². The van der Waals surface area contributed by atoms with Gasteiger partial charge >= 0.3 is 0 Å². The van der Waals surface area contributed by atoms with Gasteiger partial charge in [-0.25, -0.2) is 24.0 Å². The molecule has 5 heterocycles. The highest BCUT2D eigenvalue weighted by atomic mass is 31.2. The Kier molecular flexibility index (Phi) is 14.4. The third kappa shape index (κ3) is 9.44. The van der Waals surface area contributed by atoms with Crippen molar-refractivity contribution in [1.82, 2.24) is 24.2 Å². The van der Waals surface area contributed by atoms with Crippen LogP contribution < -0.4 is 15.0 Å². The molecule has 6 aromatic rings. The van der Waals surface area contributed by atoms with E-state index in [2.05, 4.69) is 54.8 Å². The van der Waals surface area contributed by atoms with Gasteiger partial charge in [0.15, 0.2) is 34.6 Å². The second-order valence-corrected chi connectivity index (χ2v) is 21.0. The molecule has 3 aliphatic rings. The number of anilines is 2. The lowest BCUT2D eigenvalue weighted by molar-refractivity contribution is -0.282. The van der Waals surface area contributed by atoms with Crippen LogP contribution in [0.1, 0.15) is 84.2 Å². The Bertz CT molecular complexity index is 2710. The van der Waals surface area contributed by atoms with Crippen LogP contribution >= 0.6 is 8.53 Å². The lowest BCUT2D eigenvalue weighted by Gasteiger charge is -2.46. The number of fused-ring (bicyclic) bond motifs is 3. The number of ether oxygens (including phenoxy) is 5. The first-order chi connectivity index (χ1) is 33.7. The predicted octanol–water partition coefficient (Wildman–Crippen LogP) is 10.4. The highest BCUT2D eigenvalue weighted by Crippen LogP contribution is 2.55. The maximum atomic E-state index is 15.3. The van der Waals surface area contributed by atoms with Gasteiger partial charge in [0.1, 0.15) is 42.0 Å². The molecule has 2 fully saturated rings. The lowest BCUT2D eigenvalue weighted by atomic mass is 9.77. The number of halogens is 1. The van der Waals surface area contributed by atoms with Gasteiger partial charge in [-0.3, -0.25) is 9.36 Å². The summed E-state index contributed by atoms with van der Waals surface area (Å²) in [4.78, 5) is 29.4. The second kappa shape index (κ2) is 20.4. The number of piperidine rings is 1. The molecule has 2 aromatic heterocycles. The second-order valence-electron chi connectivity index (χ2n) is 19.5. The fourth-order valence-electron chi connectivity index (χ4n) is 9.84. The molecule has 4 aromatic carbocycles. The van der Waals surface area contributed by atoms with Crippen molar-refractivity contribution in [1.29, 1.82) is 0 Å². The molecule has 0 spiro atoms. The molecule has 5 atom stereocenters. The molecule has 3 aliphatic heterocycles. The molecule has 9 rings (SSSR count). The summed E-state index contributed by atoms with van der Waals surface area (Å²) in [7, 11) is 1.71. The van der Waals surface area contributed by atoms with Gasteiger partial charge in [-0.05, 0) is 57.5 Å². The summed E-state index contributed by atoms with van der Waals surface area (Å²) in [5.41, 5.74) is 1.69. The fourth-order valence-corrected chi connectivity index (χ4v) is 11.3. The first kappa shape index (κ1) is 49.6. The topological polar surface area (TPSA) is 144 Å². The molecular formula is C53H63FN7O8P. The quantitative estimate of drug-likeness (QED) is 0.0726. The summed E-state index contributed by atoms with van der Waals surface area (Å²) in [5.74, 6) is -0.201. The van der Waals surface area contributed by atoms with E-state index in [1.807, 2.05) is 98.5 Å². The molecule has 15 nitrogen and oxygen atoms in total. The predicted molar refractivity (Wildman–Crippen MR) is 266 cm³/mol. The third-order valence-electron chi connectivity index (χ3n) is 13.3. The van der Waals surface area contributed by atoms with Crippen LogP contribution in [0.25, 0.3) is 11.2 Å². The summed E-state index contributed by atoms with van der Waals surface area (Å²) in [5, 5.41) is 2.96. The number of nitrogens with zero attached hydrogens (tertiary/aromatic N) is 6. The van der Waals surface area contributed by atoms with E-state index in [4.69, 9.17) is 42.7 Å². The first-order valence-corrected chi connectivity index (χ1v) is 25.0. The van der Waals surface area contributed by atoms with E-state index in [0.717, 1.165) is 16.7 Å². The molecule has 0 aliphatic carbocycles. The van der Waals surface area contributed by atoms with Gasteiger partial charge in [0.25, 0.3) is 8.53 Å². The van der Waals surface area contributed by atoms with Crippen LogP contribution in [0.15, 0.2) is 116 Å². The van der Waals surface area contributed by atoms with Crippen molar-refractivity contribution in [2.45, 2.75) is 109 Å². The standard InChI is InChI=1S/C53H63FN7O8P/c1-34(2)61(35(3)4)70(64-9)65-31-43-45(69-53(36-19-11-10-12-20-36)37-21-13-17-25-41(37)66-42-26-18-14-22-38(42)53)46(68-52(63-8)27-29-59(30-28-52)40-24-16-15-23-39(40)54)49(67-43)60-33-57-44-47(55-32-56-48(44)60)58-50(62)51(5,6)7/h10-26,32-35,43,45-46,49H,27-31H2,1-9H3,(H,55,56,58,62)/t43-,45-,46-,49-,70?/m1/s1. The van der Waals surface area contributed by atoms with E-state index < -0.39 is 49.9 Å². The minimum atomic E-state index is -1.58. The Labute approximate surface area is 410 Å². The highest BCUT2D eigenvalue weighted by Gasteiger charge is 2.57. The van der Waals surface area contributed by atoms with Gasteiger partial charge in [-0.2, -0.15) is 0 Å². The van der Waals surface area contributed by atoms with Gasteiger partial charge in [-0.15, -0.1) is 0 Å². The number of benzene rings is 4. The zero-order chi connectivity index (χ0) is 49.4. The van der Waals surface area contributed by atoms with E-state index in [1.165, 1.54) is 12.4 Å². The largest absolute Gasteiger partial charge is 0.457 e. The number of methoxy groups -OCH3 is 1. The maximum absolute atomic E-state index is 15.3. The molecule has 17 heteroatoms. The summed E-state index contributed by atoms with van der Waals surface area (Å²) in [6.45, 7) is 14.9. The third-order valence-corrected chi connectivity index (χ3v) is 15.3. The summed E-state index contributed by atoms with van der Waals surface area (Å²) < 4.78 is 68.3. The fraction of sp³-hybridized carbons (Fsp3) is 0.434. The molecule has 0 saturated carbocycles. The van der Waals surface area contributed by atoms with Crippen LogP contribution in [-0.2, 0) is 38.4 Å². The molecule has 1 N–H and O–H groups in total. The summed E-state index contributed by atoms with van der Waals surface area (Å²) in [6, 6.07) is 32.9. The van der Waals surface area contributed by atoms with E-state index in [1.54, 1.807) is 37.2 Å². The van der Waals surface area contributed by atoms with Crippen molar-refractivity contribution >= 4 is 37.1 Å². The highest BCUT2D eigenvalue weighted by molar-refractivity contribution is 7.44. The zero-order valence-corrected chi connectivity index (χ0v) is 42.1. The molecule has 70 heavy (non-hydrogen) atoms.